The molecule has 3 heterocycles. The average molecular weight is 391 g/mol. The lowest BCUT2D eigenvalue weighted by molar-refractivity contribution is 0.180. The van der Waals surface area contributed by atoms with Gasteiger partial charge < -0.3 is 14.5 Å². The first-order chi connectivity index (χ1) is 12.8. The highest BCUT2D eigenvalue weighted by Gasteiger charge is 2.29. The molecule has 1 fully saturated rings. The SMILES string of the molecule is Cc1noc(C)c1CN1CCN(S(=O)(=O)c2ccc3[nH]c(=O)[nH]c3c2)CC1. The highest BCUT2D eigenvalue weighted by molar-refractivity contribution is 7.89. The summed E-state index contributed by atoms with van der Waals surface area (Å²) in [6.07, 6.45) is 0. The molecule has 0 saturated carbocycles. The molecule has 27 heavy (non-hydrogen) atoms. The molecule has 0 radical (unpaired) electrons. The van der Waals surface area contributed by atoms with Gasteiger partial charge in [0, 0.05) is 38.3 Å². The summed E-state index contributed by atoms with van der Waals surface area (Å²) in [5.41, 5.74) is 2.65. The molecule has 144 valence electrons. The minimum absolute atomic E-state index is 0.185. The number of H-pyrrole nitrogens is 2. The smallest absolute Gasteiger partial charge is 0.323 e. The van der Waals surface area contributed by atoms with E-state index >= 15 is 0 Å². The van der Waals surface area contributed by atoms with Crippen LogP contribution in [0.5, 0.6) is 0 Å². The van der Waals surface area contributed by atoms with Crippen LogP contribution >= 0.6 is 0 Å². The Bertz CT molecular complexity index is 1120. The number of nitrogens with one attached hydrogen (secondary N) is 2. The van der Waals surface area contributed by atoms with E-state index in [1.807, 2.05) is 13.8 Å². The number of imidazole rings is 1. The Morgan fingerprint density at radius 1 is 1.11 bits per heavy atom. The summed E-state index contributed by atoms with van der Waals surface area (Å²) in [6, 6.07) is 4.63. The number of sulfonamides is 1. The van der Waals surface area contributed by atoms with Crippen molar-refractivity contribution >= 4 is 21.1 Å². The molecule has 0 aliphatic carbocycles. The van der Waals surface area contributed by atoms with Gasteiger partial charge in [-0.2, -0.15) is 4.31 Å². The Balaban J connectivity index is 1.48. The van der Waals surface area contributed by atoms with E-state index in [1.54, 1.807) is 6.07 Å². The van der Waals surface area contributed by atoms with Gasteiger partial charge in [0.2, 0.25) is 10.0 Å². The summed E-state index contributed by atoms with van der Waals surface area (Å²) in [6.45, 7) is 6.58. The summed E-state index contributed by atoms with van der Waals surface area (Å²) >= 11 is 0. The van der Waals surface area contributed by atoms with Gasteiger partial charge in [-0.3, -0.25) is 4.90 Å². The number of hydrogen-bond donors (Lipinski definition) is 2. The lowest BCUT2D eigenvalue weighted by Crippen LogP contribution is -2.48. The highest BCUT2D eigenvalue weighted by Crippen LogP contribution is 2.22. The Morgan fingerprint density at radius 3 is 2.48 bits per heavy atom. The second kappa shape index (κ2) is 6.63. The van der Waals surface area contributed by atoms with Crippen LogP contribution in [0.1, 0.15) is 17.0 Å². The predicted octanol–water partition coefficient (Wildman–Crippen LogP) is 0.968. The lowest BCUT2D eigenvalue weighted by atomic mass is 10.2. The fourth-order valence-electron chi connectivity index (χ4n) is 3.40. The Labute approximate surface area is 156 Å². The van der Waals surface area contributed by atoms with E-state index < -0.39 is 10.0 Å². The van der Waals surface area contributed by atoms with Gasteiger partial charge in [-0.15, -0.1) is 0 Å². The van der Waals surface area contributed by atoms with E-state index in [2.05, 4.69) is 20.0 Å². The zero-order valence-corrected chi connectivity index (χ0v) is 16.0. The molecular weight excluding hydrogens is 370 g/mol. The number of aromatic nitrogens is 3. The van der Waals surface area contributed by atoms with Gasteiger partial charge in [-0.1, -0.05) is 5.16 Å². The molecule has 0 atom stereocenters. The van der Waals surface area contributed by atoms with Gasteiger partial charge in [0.05, 0.1) is 21.6 Å². The van der Waals surface area contributed by atoms with Gasteiger partial charge >= 0.3 is 5.69 Å². The van der Waals surface area contributed by atoms with Crippen molar-refractivity contribution in [3.63, 3.8) is 0 Å². The van der Waals surface area contributed by atoms with Crippen molar-refractivity contribution in [2.45, 2.75) is 25.3 Å². The van der Waals surface area contributed by atoms with Crippen LogP contribution in [0.15, 0.2) is 32.4 Å². The maximum Gasteiger partial charge on any atom is 0.323 e. The van der Waals surface area contributed by atoms with Gasteiger partial charge in [0.15, 0.2) is 0 Å². The molecule has 2 N–H and O–H groups in total. The van der Waals surface area contributed by atoms with Crippen LogP contribution in [0.25, 0.3) is 11.0 Å². The summed E-state index contributed by atoms with van der Waals surface area (Å²) in [7, 11) is -3.61. The standard InChI is InChI=1S/C17H21N5O4S/c1-11-14(12(2)26-20-11)10-21-5-7-22(8-6-21)27(24,25)13-3-4-15-16(9-13)19-17(23)18-15/h3-4,9H,5-8,10H2,1-2H3,(H2,18,19,23). The Kier molecular flexibility index (Phi) is 4.41. The number of benzene rings is 1. The number of fused-ring (bicyclic) bond motifs is 1. The van der Waals surface area contributed by atoms with Crippen molar-refractivity contribution in [1.82, 2.24) is 24.3 Å². The first kappa shape index (κ1) is 18.0. The summed E-state index contributed by atoms with van der Waals surface area (Å²) in [5.74, 6) is 0.802. The third-order valence-electron chi connectivity index (χ3n) is 5.02. The molecule has 10 heteroatoms. The van der Waals surface area contributed by atoms with Crippen molar-refractivity contribution in [3.8, 4) is 0 Å². The van der Waals surface area contributed by atoms with Crippen LogP contribution in [-0.2, 0) is 16.6 Å². The molecule has 0 spiro atoms. The van der Waals surface area contributed by atoms with E-state index in [1.165, 1.54) is 16.4 Å². The first-order valence-electron chi connectivity index (χ1n) is 8.71. The minimum atomic E-state index is -3.61. The number of hydrogen-bond acceptors (Lipinski definition) is 6. The third-order valence-corrected chi connectivity index (χ3v) is 6.91. The van der Waals surface area contributed by atoms with Crippen LogP contribution in [0.3, 0.4) is 0 Å². The van der Waals surface area contributed by atoms with Gasteiger partial charge in [0.1, 0.15) is 5.76 Å². The maximum absolute atomic E-state index is 12.9. The summed E-state index contributed by atoms with van der Waals surface area (Å²) in [5, 5.41) is 3.97. The average Bonchev–Trinajstić information content (AvgIpc) is 3.17. The number of rotatable bonds is 4. The van der Waals surface area contributed by atoms with Crippen molar-refractivity contribution in [3.05, 3.63) is 45.7 Å². The van der Waals surface area contributed by atoms with E-state index in [-0.39, 0.29) is 10.6 Å². The quantitative estimate of drug-likeness (QED) is 0.685. The van der Waals surface area contributed by atoms with Crippen LogP contribution < -0.4 is 5.69 Å². The van der Waals surface area contributed by atoms with Crippen LogP contribution in [0.4, 0.5) is 0 Å². The summed E-state index contributed by atoms with van der Waals surface area (Å²) in [4.78, 5) is 19.0. The normalized spacial score (nSPS) is 17.0. The molecular formula is C17H21N5O4S. The van der Waals surface area contributed by atoms with Crippen molar-refractivity contribution in [2.24, 2.45) is 0 Å². The lowest BCUT2D eigenvalue weighted by Gasteiger charge is -2.33. The van der Waals surface area contributed by atoms with Gasteiger partial charge in [0.25, 0.3) is 0 Å². The molecule has 1 aromatic carbocycles. The van der Waals surface area contributed by atoms with Gasteiger partial charge in [-0.05, 0) is 32.0 Å². The molecule has 0 unspecified atom stereocenters. The van der Waals surface area contributed by atoms with E-state index in [0.29, 0.717) is 43.8 Å². The number of nitrogens with zero attached hydrogens (tertiary/aromatic N) is 3. The first-order valence-corrected chi connectivity index (χ1v) is 10.1. The molecule has 9 nitrogen and oxygen atoms in total. The van der Waals surface area contributed by atoms with Crippen LogP contribution in [0, 0.1) is 13.8 Å². The molecule has 2 aromatic heterocycles. The molecule has 4 rings (SSSR count). The van der Waals surface area contributed by atoms with Gasteiger partial charge in [-0.25, -0.2) is 13.2 Å². The molecule has 3 aromatic rings. The molecule has 1 saturated heterocycles. The third kappa shape index (κ3) is 3.31. The molecule has 0 bridgehead atoms. The Morgan fingerprint density at radius 2 is 1.81 bits per heavy atom. The second-order valence-corrected chi connectivity index (χ2v) is 8.71. The predicted molar refractivity (Wildman–Crippen MR) is 98.9 cm³/mol. The molecule has 0 amide bonds. The van der Waals surface area contributed by atoms with E-state index in [9.17, 15) is 13.2 Å². The number of aryl methyl sites for hydroxylation is 2. The van der Waals surface area contributed by atoms with Crippen molar-refractivity contribution in [2.75, 3.05) is 26.2 Å². The zero-order valence-electron chi connectivity index (χ0n) is 15.2. The highest BCUT2D eigenvalue weighted by atomic mass is 32.2. The Hall–Kier alpha value is -2.43. The fraction of sp³-hybridized carbons (Fsp3) is 0.412. The topological polar surface area (TPSA) is 115 Å². The number of aromatic amines is 2. The maximum atomic E-state index is 12.9. The van der Waals surface area contributed by atoms with E-state index in [4.69, 9.17) is 4.52 Å². The molecule has 1 aliphatic heterocycles. The minimum Gasteiger partial charge on any atom is -0.361 e. The zero-order chi connectivity index (χ0) is 19.2. The largest absolute Gasteiger partial charge is 0.361 e. The monoisotopic (exact) mass is 391 g/mol. The van der Waals surface area contributed by atoms with Crippen LogP contribution in [0.2, 0.25) is 0 Å². The fourth-order valence-corrected chi connectivity index (χ4v) is 4.85. The van der Waals surface area contributed by atoms with Crippen molar-refractivity contribution in [1.29, 1.82) is 0 Å². The summed E-state index contributed by atoms with van der Waals surface area (Å²) < 4.78 is 32.6. The number of piperazine rings is 1. The second-order valence-electron chi connectivity index (χ2n) is 6.77. The molecule has 1 aliphatic rings. The van der Waals surface area contributed by atoms with Crippen LogP contribution in [-0.4, -0.2) is 58.9 Å². The van der Waals surface area contributed by atoms with Crippen molar-refractivity contribution < 1.29 is 12.9 Å². The van der Waals surface area contributed by atoms with E-state index in [0.717, 1.165) is 17.0 Å².